The molecule has 1 saturated heterocycles. The molecule has 1 aliphatic heterocycles. The van der Waals surface area contributed by atoms with Crippen LogP contribution in [0.25, 0.3) is 0 Å². The van der Waals surface area contributed by atoms with E-state index in [2.05, 4.69) is 98.5 Å². The number of hydrogen-bond acceptors (Lipinski definition) is 4. The van der Waals surface area contributed by atoms with Crippen LogP contribution in [0.2, 0.25) is 0 Å². The Kier molecular flexibility index (Phi) is 11.8. The molecule has 0 radical (unpaired) electrons. The van der Waals surface area contributed by atoms with Crippen LogP contribution < -0.4 is 0 Å². The number of phosphoric acid groups is 1. The van der Waals surface area contributed by atoms with Gasteiger partial charge in [-0.15, -0.1) is 0 Å². The Balaban J connectivity index is 0.000000810. The SMILES string of the molecule is CC(C)(C)c1ccc(C(=O)CCCN2CCC(OC(c3ccccc3)c3ccccc3)CC2)cc1.O=P(O)(O)O. The largest absolute Gasteiger partial charge is 0.466 e. The minimum atomic E-state index is -4.64. The molecule has 0 bridgehead atoms. The highest BCUT2D eigenvalue weighted by Gasteiger charge is 2.24. The zero-order chi connectivity index (χ0) is 29.2. The van der Waals surface area contributed by atoms with E-state index in [1.165, 1.54) is 16.7 Å². The third-order valence-electron chi connectivity index (χ3n) is 7.02. The van der Waals surface area contributed by atoms with Gasteiger partial charge in [-0.05, 0) is 47.9 Å². The molecule has 40 heavy (non-hydrogen) atoms. The number of carbonyl (C=O) groups is 1. The van der Waals surface area contributed by atoms with Crippen LogP contribution in [-0.4, -0.2) is 51.1 Å². The fourth-order valence-corrected chi connectivity index (χ4v) is 4.83. The first-order valence-corrected chi connectivity index (χ1v) is 15.4. The quantitative estimate of drug-likeness (QED) is 0.206. The molecule has 1 aliphatic rings. The number of ketones is 1. The zero-order valence-electron chi connectivity index (χ0n) is 23.6. The monoisotopic (exact) mass is 567 g/mol. The Bertz CT molecular complexity index is 1170. The van der Waals surface area contributed by atoms with Crippen molar-refractivity contribution in [2.75, 3.05) is 19.6 Å². The molecule has 0 spiro atoms. The predicted octanol–water partition coefficient (Wildman–Crippen LogP) is 6.29. The lowest BCUT2D eigenvalue weighted by Gasteiger charge is -2.34. The normalized spacial score (nSPS) is 15.0. The third-order valence-corrected chi connectivity index (χ3v) is 7.02. The first-order chi connectivity index (χ1) is 18.9. The van der Waals surface area contributed by atoms with Gasteiger partial charge in [-0.1, -0.05) is 106 Å². The summed E-state index contributed by atoms with van der Waals surface area (Å²) in [4.78, 5) is 36.7. The maximum absolute atomic E-state index is 12.7. The fraction of sp³-hybridized carbons (Fsp3) is 0.406. The van der Waals surface area contributed by atoms with Gasteiger partial charge in [0, 0.05) is 25.1 Å². The van der Waals surface area contributed by atoms with Gasteiger partial charge in [0.2, 0.25) is 0 Å². The minimum Gasteiger partial charge on any atom is -0.365 e. The number of rotatable bonds is 9. The highest BCUT2D eigenvalue weighted by molar-refractivity contribution is 7.45. The van der Waals surface area contributed by atoms with Gasteiger partial charge in [0.05, 0.1) is 6.10 Å². The molecule has 3 aromatic rings. The molecule has 3 aromatic carbocycles. The summed E-state index contributed by atoms with van der Waals surface area (Å²) in [5.74, 6) is 0.247. The van der Waals surface area contributed by atoms with Crippen LogP contribution in [0.4, 0.5) is 0 Å². The second-order valence-electron chi connectivity index (χ2n) is 11.2. The van der Waals surface area contributed by atoms with E-state index in [1.54, 1.807) is 0 Å². The van der Waals surface area contributed by atoms with Crippen LogP contribution in [0.1, 0.15) is 79.6 Å². The summed E-state index contributed by atoms with van der Waals surface area (Å²) in [6, 6.07) is 29.2. The molecule has 1 heterocycles. The molecule has 0 atom stereocenters. The molecule has 0 aromatic heterocycles. The van der Waals surface area contributed by atoms with E-state index in [0.29, 0.717) is 6.42 Å². The molecule has 8 heteroatoms. The Morgan fingerprint density at radius 3 is 1.80 bits per heavy atom. The van der Waals surface area contributed by atoms with Crippen molar-refractivity contribution in [3.8, 4) is 0 Å². The topological polar surface area (TPSA) is 107 Å². The van der Waals surface area contributed by atoms with E-state index in [-0.39, 0.29) is 23.4 Å². The summed E-state index contributed by atoms with van der Waals surface area (Å²) in [5, 5.41) is 0. The van der Waals surface area contributed by atoms with Crippen LogP contribution in [0.5, 0.6) is 0 Å². The standard InChI is InChI=1S/C32H39NO2.H3O4P/c1-32(2,3)28-18-16-25(17-19-28)30(34)15-10-22-33-23-20-29(21-24-33)35-31(26-11-6-4-7-12-26)27-13-8-5-9-14-27;1-5(2,3)4/h4-9,11-14,16-19,29,31H,10,15,20-24H2,1-3H3;(H3,1,2,3,4). The lowest BCUT2D eigenvalue weighted by Crippen LogP contribution is -2.38. The molecule has 0 unspecified atom stereocenters. The van der Waals surface area contributed by atoms with Gasteiger partial charge in [-0.3, -0.25) is 4.79 Å². The lowest BCUT2D eigenvalue weighted by atomic mass is 9.86. The summed E-state index contributed by atoms with van der Waals surface area (Å²) in [5.41, 5.74) is 4.61. The van der Waals surface area contributed by atoms with Crippen molar-refractivity contribution in [2.24, 2.45) is 0 Å². The molecule has 216 valence electrons. The van der Waals surface area contributed by atoms with Crippen molar-refractivity contribution in [1.29, 1.82) is 0 Å². The summed E-state index contributed by atoms with van der Waals surface area (Å²) in [6.45, 7) is 9.61. The van der Waals surface area contributed by atoms with Crippen molar-refractivity contribution in [3.05, 3.63) is 107 Å². The van der Waals surface area contributed by atoms with Crippen LogP contribution in [-0.2, 0) is 14.7 Å². The van der Waals surface area contributed by atoms with E-state index in [9.17, 15) is 4.79 Å². The van der Waals surface area contributed by atoms with Gasteiger partial charge in [-0.2, -0.15) is 0 Å². The number of hydrogen-bond donors (Lipinski definition) is 3. The van der Waals surface area contributed by atoms with Crippen LogP contribution in [0.15, 0.2) is 84.9 Å². The number of benzene rings is 3. The smallest absolute Gasteiger partial charge is 0.365 e. The van der Waals surface area contributed by atoms with E-state index < -0.39 is 7.82 Å². The Labute approximate surface area is 238 Å². The molecule has 0 saturated carbocycles. The maximum Gasteiger partial charge on any atom is 0.466 e. The summed E-state index contributed by atoms with van der Waals surface area (Å²) in [6.07, 6.45) is 3.78. The summed E-state index contributed by atoms with van der Waals surface area (Å²) < 4.78 is 15.5. The van der Waals surface area contributed by atoms with E-state index in [1.807, 2.05) is 12.1 Å². The number of likely N-dealkylation sites (tertiary alicyclic amines) is 1. The highest BCUT2D eigenvalue weighted by atomic mass is 31.2. The van der Waals surface area contributed by atoms with E-state index >= 15 is 0 Å². The minimum absolute atomic E-state index is 0.0313. The van der Waals surface area contributed by atoms with Crippen LogP contribution in [0.3, 0.4) is 0 Å². The van der Waals surface area contributed by atoms with E-state index in [4.69, 9.17) is 24.0 Å². The molecular formula is C32H42NO6P. The molecule has 0 amide bonds. The van der Waals surface area contributed by atoms with Gasteiger partial charge < -0.3 is 24.3 Å². The van der Waals surface area contributed by atoms with Crippen LogP contribution in [0, 0.1) is 0 Å². The Hall–Kier alpha value is -2.64. The van der Waals surface area contributed by atoms with Gasteiger partial charge in [0.15, 0.2) is 5.78 Å². The first kappa shape index (κ1) is 31.9. The van der Waals surface area contributed by atoms with Gasteiger partial charge >= 0.3 is 7.82 Å². The fourth-order valence-electron chi connectivity index (χ4n) is 4.83. The first-order valence-electron chi connectivity index (χ1n) is 13.8. The number of carbonyl (C=O) groups excluding carboxylic acids is 1. The molecule has 7 nitrogen and oxygen atoms in total. The predicted molar refractivity (Wildman–Crippen MR) is 158 cm³/mol. The van der Waals surface area contributed by atoms with Crippen molar-refractivity contribution in [1.82, 2.24) is 4.90 Å². The number of piperidine rings is 1. The second-order valence-corrected chi connectivity index (χ2v) is 12.3. The molecule has 1 fully saturated rings. The average molecular weight is 568 g/mol. The molecule has 4 rings (SSSR count). The molecular weight excluding hydrogens is 525 g/mol. The van der Waals surface area contributed by atoms with Crippen molar-refractivity contribution >= 4 is 13.6 Å². The highest BCUT2D eigenvalue weighted by Crippen LogP contribution is 2.30. The maximum atomic E-state index is 12.7. The number of nitrogens with zero attached hydrogens (tertiary/aromatic N) is 1. The van der Waals surface area contributed by atoms with Crippen molar-refractivity contribution in [3.63, 3.8) is 0 Å². The Morgan fingerprint density at radius 1 is 0.875 bits per heavy atom. The number of ether oxygens (including phenoxy) is 1. The summed E-state index contributed by atoms with van der Waals surface area (Å²) in [7, 11) is -4.64. The zero-order valence-corrected chi connectivity index (χ0v) is 24.5. The third kappa shape index (κ3) is 11.1. The second kappa shape index (κ2) is 14.8. The molecule has 0 aliphatic carbocycles. The van der Waals surface area contributed by atoms with Crippen LogP contribution >= 0.6 is 7.82 Å². The Morgan fingerprint density at radius 2 is 1.35 bits per heavy atom. The lowest BCUT2D eigenvalue weighted by molar-refractivity contribution is -0.0270. The van der Waals surface area contributed by atoms with Crippen molar-refractivity contribution in [2.45, 2.75) is 64.1 Å². The van der Waals surface area contributed by atoms with Gasteiger partial charge in [0.1, 0.15) is 6.10 Å². The van der Waals surface area contributed by atoms with Crippen molar-refractivity contribution < 1.29 is 28.8 Å². The number of Topliss-reactive ketones (excluding diaryl/α,β-unsaturated/α-hetero) is 1. The molecule has 3 N–H and O–H groups in total. The summed E-state index contributed by atoms with van der Waals surface area (Å²) >= 11 is 0. The average Bonchev–Trinajstić information content (AvgIpc) is 2.92. The van der Waals surface area contributed by atoms with Gasteiger partial charge in [-0.25, -0.2) is 4.57 Å². The van der Waals surface area contributed by atoms with E-state index in [0.717, 1.165) is 44.5 Å². The van der Waals surface area contributed by atoms with Gasteiger partial charge in [0.25, 0.3) is 0 Å².